The molecule has 0 aliphatic rings. The van der Waals surface area contributed by atoms with Gasteiger partial charge in [-0.2, -0.15) is 0 Å². The standard InChI is InChI=1S/C20H18FN3O3/c1-12-17(24-20(27-12)13-7-3-5-9-15(13)21)11-18(25)23-16-10-6-4-8-14(16)19(26)22-2/h3-10H,11H2,1-2H3,(H,22,26)(H,23,25). The zero-order valence-electron chi connectivity index (χ0n) is 14.9. The van der Waals surface area contributed by atoms with Gasteiger partial charge in [0.05, 0.1) is 28.9 Å². The van der Waals surface area contributed by atoms with Crippen molar-refractivity contribution < 1.29 is 18.4 Å². The second kappa shape index (κ2) is 7.82. The normalized spacial score (nSPS) is 10.5. The molecule has 0 radical (unpaired) electrons. The van der Waals surface area contributed by atoms with Gasteiger partial charge in [-0.1, -0.05) is 24.3 Å². The third-order valence-corrected chi connectivity index (χ3v) is 4.00. The average molecular weight is 367 g/mol. The van der Waals surface area contributed by atoms with E-state index in [1.54, 1.807) is 49.4 Å². The summed E-state index contributed by atoms with van der Waals surface area (Å²) in [5.41, 5.74) is 1.40. The first-order valence-corrected chi connectivity index (χ1v) is 8.31. The van der Waals surface area contributed by atoms with Gasteiger partial charge in [-0.05, 0) is 31.2 Å². The van der Waals surface area contributed by atoms with E-state index in [2.05, 4.69) is 15.6 Å². The van der Waals surface area contributed by atoms with Crippen molar-refractivity contribution in [2.45, 2.75) is 13.3 Å². The number of aromatic nitrogens is 1. The summed E-state index contributed by atoms with van der Waals surface area (Å²) in [6.45, 7) is 1.67. The largest absolute Gasteiger partial charge is 0.441 e. The molecule has 7 heteroatoms. The maximum Gasteiger partial charge on any atom is 0.253 e. The smallest absolute Gasteiger partial charge is 0.253 e. The minimum atomic E-state index is -0.450. The van der Waals surface area contributed by atoms with Crippen molar-refractivity contribution in [2.24, 2.45) is 0 Å². The Hall–Kier alpha value is -3.48. The van der Waals surface area contributed by atoms with Crippen LogP contribution in [-0.2, 0) is 11.2 Å². The first kappa shape index (κ1) is 18.3. The number of oxazole rings is 1. The van der Waals surface area contributed by atoms with Crippen LogP contribution in [0.15, 0.2) is 52.9 Å². The number of carbonyl (C=O) groups is 2. The molecule has 0 saturated carbocycles. The summed E-state index contributed by atoms with van der Waals surface area (Å²) in [7, 11) is 1.52. The van der Waals surface area contributed by atoms with Crippen LogP contribution in [0.2, 0.25) is 0 Å². The predicted molar refractivity (Wildman–Crippen MR) is 98.8 cm³/mol. The SMILES string of the molecule is CNC(=O)c1ccccc1NC(=O)Cc1nc(-c2ccccc2F)oc1C. The molecule has 6 nitrogen and oxygen atoms in total. The van der Waals surface area contributed by atoms with Crippen molar-refractivity contribution >= 4 is 17.5 Å². The van der Waals surface area contributed by atoms with Gasteiger partial charge in [0.15, 0.2) is 0 Å². The summed E-state index contributed by atoms with van der Waals surface area (Å²) in [4.78, 5) is 28.6. The molecule has 0 saturated heterocycles. The molecule has 2 aromatic carbocycles. The van der Waals surface area contributed by atoms with E-state index in [0.29, 0.717) is 22.7 Å². The summed E-state index contributed by atoms with van der Waals surface area (Å²) in [6, 6.07) is 12.8. The van der Waals surface area contributed by atoms with Crippen molar-refractivity contribution in [3.63, 3.8) is 0 Å². The third-order valence-electron chi connectivity index (χ3n) is 4.00. The molecule has 0 unspecified atom stereocenters. The van der Waals surface area contributed by atoms with Gasteiger partial charge in [0.25, 0.3) is 5.91 Å². The number of aryl methyl sites for hydroxylation is 1. The fourth-order valence-corrected chi connectivity index (χ4v) is 2.61. The molecule has 2 amide bonds. The van der Waals surface area contributed by atoms with Crippen LogP contribution < -0.4 is 10.6 Å². The van der Waals surface area contributed by atoms with Gasteiger partial charge in [0.2, 0.25) is 11.8 Å². The number of amides is 2. The van der Waals surface area contributed by atoms with E-state index in [0.717, 1.165) is 0 Å². The van der Waals surface area contributed by atoms with E-state index in [1.807, 2.05) is 0 Å². The van der Waals surface area contributed by atoms with E-state index >= 15 is 0 Å². The Morgan fingerprint density at radius 1 is 1.11 bits per heavy atom. The average Bonchev–Trinajstić information content (AvgIpc) is 3.02. The highest BCUT2D eigenvalue weighted by molar-refractivity contribution is 6.03. The van der Waals surface area contributed by atoms with Crippen LogP contribution in [0.3, 0.4) is 0 Å². The number of halogens is 1. The lowest BCUT2D eigenvalue weighted by molar-refractivity contribution is -0.115. The van der Waals surface area contributed by atoms with Crippen molar-refractivity contribution in [3.8, 4) is 11.5 Å². The van der Waals surface area contributed by atoms with E-state index in [1.165, 1.54) is 13.1 Å². The first-order chi connectivity index (χ1) is 13.0. The molecular weight excluding hydrogens is 349 g/mol. The van der Waals surface area contributed by atoms with Crippen molar-refractivity contribution in [1.82, 2.24) is 10.3 Å². The van der Waals surface area contributed by atoms with Crippen molar-refractivity contribution in [2.75, 3.05) is 12.4 Å². The number of anilines is 1. The predicted octanol–water partition coefficient (Wildman–Crippen LogP) is 3.33. The summed E-state index contributed by atoms with van der Waals surface area (Å²) < 4.78 is 19.4. The molecule has 0 bridgehead atoms. The minimum absolute atomic E-state index is 0.0636. The molecular formula is C20H18FN3O3. The number of nitrogens with one attached hydrogen (secondary N) is 2. The van der Waals surface area contributed by atoms with E-state index in [9.17, 15) is 14.0 Å². The van der Waals surface area contributed by atoms with Crippen LogP contribution in [0.5, 0.6) is 0 Å². The van der Waals surface area contributed by atoms with Gasteiger partial charge in [-0.15, -0.1) is 0 Å². The number of hydrogen-bond acceptors (Lipinski definition) is 4. The molecule has 0 spiro atoms. The van der Waals surface area contributed by atoms with E-state index < -0.39 is 5.82 Å². The van der Waals surface area contributed by atoms with Crippen LogP contribution in [-0.4, -0.2) is 23.8 Å². The second-order valence-corrected chi connectivity index (χ2v) is 5.85. The van der Waals surface area contributed by atoms with Gasteiger partial charge >= 0.3 is 0 Å². The lowest BCUT2D eigenvalue weighted by atomic mass is 10.1. The number of carbonyl (C=O) groups excluding carboxylic acids is 2. The topological polar surface area (TPSA) is 84.2 Å². The lowest BCUT2D eigenvalue weighted by Crippen LogP contribution is -2.22. The molecule has 0 fully saturated rings. The molecule has 138 valence electrons. The number of rotatable bonds is 5. The molecule has 27 heavy (non-hydrogen) atoms. The van der Waals surface area contributed by atoms with Crippen LogP contribution in [0, 0.1) is 12.7 Å². The van der Waals surface area contributed by atoms with Gasteiger partial charge in [-0.25, -0.2) is 9.37 Å². The molecule has 2 N–H and O–H groups in total. The van der Waals surface area contributed by atoms with Gasteiger partial charge in [-0.3, -0.25) is 9.59 Å². The van der Waals surface area contributed by atoms with E-state index in [-0.39, 0.29) is 29.7 Å². The first-order valence-electron chi connectivity index (χ1n) is 8.31. The number of nitrogens with zero attached hydrogens (tertiary/aromatic N) is 1. The van der Waals surface area contributed by atoms with E-state index in [4.69, 9.17) is 4.42 Å². The van der Waals surface area contributed by atoms with Crippen LogP contribution in [0.1, 0.15) is 21.8 Å². The lowest BCUT2D eigenvalue weighted by Gasteiger charge is -2.09. The van der Waals surface area contributed by atoms with Gasteiger partial charge in [0, 0.05) is 7.05 Å². The molecule has 0 atom stereocenters. The fourth-order valence-electron chi connectivity index (χ4n) is 2.61. The molecule has 3 aromatic rings. The Morgan fingerprint density at radius 3 is 2.56 bits per heavy atom. The molecule has 1 heterocycles. The van der Waals surface area contributed by atoms with Gasteiger partial charge in [0.1, 0.15) is 11.6 Å². The maximum atomic E-state index is 13.9. The Labute approximate surface area is 155 Å². The third kappa shape index (κ3) is 4.03. The Morgan fingerprint density at radius 2 is 1.81 bits per heavy atom. The van der Waals surface area contributed by atoms with Crippen LogP contribution >= 0.6 is 0 Å². The fraction of sp³-hybridized carbons (Fsp3) is 0.150. The highest BCUT2D eigenvalue weighted by Crippen LogP contribution is 2.24. The molecule has 0 aliphatic heterocycles. The highest BCUT2D eigenvalue weighted by atomic mass is 19.1. The highest BCUT2D eigenvalue weighted by Gasteiger charge is 2.18. The zero-order chi connectivity index (χ0) is 19.4. The molecule has 1 aromatic heterocycles. The summed E-state index contributed by atoms with van der Waals surface area (Å²) in [5.74, 6) is -0.551. The molecule has 3 rings (SSSR count). The van der Waals surface area contributed by atoms with Crippen LogP contribution in [0.25, 0.3) is 11.5 Å². The summed E-state index contributed by atoms with van der Waals surface area (Å²) in [5, 5.41) is 5.23. The monoisotopic (exact) mass is 367 g/mol. The number of para-hydroxylation sites is 1. The van der Waals surface area contributed by atoms with Crippen molar-refractivity contribution in [1.29, 1.82) is 0 Å². The molecule has 0 aliphatic carbocycles. The quantitative estimate of drug-likeness (QED) is 0.724. The number of benzene rings is 2. The Balaban J connectivity index is 1.78. The Bertz CT molecular complexity index is 998. The Kier molecular flexibility index (Phi) is 5.30. The van der Waals surface area contributed by atoms with Crippen LogP contribution in [0.4, 0.5) is 10.1 Å². The minimum Gasteiger partial charge on any atom is -0.441 e. The summed E-state index contributed by atoms with van der Waals surface area (Å²) >= 11 is 0. The summed E-state index contributed by atoms with van der Waals surface area (Å²) in [6.07, 6.45) is -0.0636. The van der Waals surface area contributed by atoms with Gasteiger partial charge < -0.3 is 15.1 Å². The second-order valence-electron chi connectivity index (χ2n) is 5.85. The maximum absolute atomic E-state index is 13.9. The zero-order valence-corrected chi connectivity index (χ0v) is 14.9. The van der Waals surface area contributed by atoms with Crippen molar-refractivity contribution in [3.05, 3.63) is 71.4 Å². The number of hydrogen-bond donors (Lipinski definition) is 2.